The van der Waals surface area contributed by atoms with Crippen molar-refractivity contribution in [3.63, 3.8) is 0 Å². The van der Waals surface area contributed by atoms with Gasteiger partial charge in [0.2, 0.25) is 0 Å². The first-order valence-corrected chi connectivity index (χ1v) is 12.0. The zero-order chi connectivity index (χ0) is 20.5. The van der Waals surface area contributed by atoms with Crippen LogP contribution in [0.2, 0.25) is 0 Å². The Labute approximate surface area is 178 Å². The summed E-state index contributed by atoms with van der Waals surface area (Å²) >= 11 is 0. The highest BCUT2D eigenvalue weighted by atomic mass is 16.8. The minimum absolute atomic E-state index is 0.0930. The van der Waals surface area contributed by atoms with Crippen LogP contribution in [0.1, 0.15) is 65.2 Å². The normalized spacial score (nSPS) is 54.8. The van der Waals surface area contributed by atoms with E-state index in [1.165, 1.54) is 5.57 Å². The first-order valence-electron chi connectivity index (χ1n) is 12.0. The van der Waals surface area contributed by atoms with Gasteiger partial charge < -0.3 is 28.8 Å². The van der Waals surface area contributed by atoms with Crippen molar-refractivity contribution in [1.29, 1.82) is 0 Å². The molecular formula is C24H34O6. The topological polar surface area (TPSA) is 69.7 Å². The standard InChI is InChI=1S/C24H34O6/c1-19-6-4-18-16(17(19)5-8-24(19,25)20(2)26-11-12-27-20)3-7-21-15-22(28-13-14-29-22)9-10-23(18,21)30-21/h4,16-17,25H,3,5-15H2,1-2H3/t16?,17?,19-,21+,23+,24+/m0/s1. The van der Waals surface area contributed by atoms with Gasteiger partial charge >= 0.3 is 0 Å². The van der Waals surface area contributed by atoms with Gasteiger partial charge in [-0.25, -0.2) is 0 Å². The molecule has 6 nitrogen and oxygen atoms in total. The maximum Gasteiger partial charge on any atom is 0.195 e. The van der Waals surface area contributed by atoms with Crippen LogP contribution >= 0.6 is 0 Å². The summed E-state index contributed by atoms with van der Waals surface area (Å²) in [7, 11) is 0. The Kier molecular flexibility index (Phi) is 3.50. The van der Waals surface area contributed by atoms with Crippen LogP contribution in [0, 0.1) is 17.3 Å². The van der Waals surface area contributed by atoms with Gasteiger partial charge in [0, 0.05) is 18.3 Å². The van der Waals surface area contributed by atoms with Crippen molar-refractivity contribution < 1.29 is 28.8 Å². The molecule has 3 heterocycles. The largest absolute Gasteiger partial charge is 0.384 e. The van der Waals surface area contributed by atoms with Crippen LogP contribution < -0.4 is 0 Å². The number of hydrogen-bond donors (Lipinski definition) is 1. The monoisotopic (exact) mass is 418 g/mol. The third-order valence-electron chi connectivity index (χ3n) is 10.4. The first kappa shape index (κ1) is 19.0. The van der Waals surface area contributed by atoms with Crippen molar-refractivity contribution in [3.8, 4) is 0 Å². The molecule has 0 radical (unpaired) electrons. The molecule has 3 aliphatic heterocycles. The van der Waals surface area contributed by atoms with E-state index in [1.54, 1.807) is 0 Å². The van der Waals surface area contributed by atoms with E-state index in [-0.39, 0.29) is 16.6 Å². The molecular weight excluding hydrogens is 384 g/mol. The molecule has 0 aromatic heterocycles. The highest BCUT2D eigenvalue weighted by molar-refractivity contribution is 5.43. The van der Waals surface area contributed by atoms with Crippen molar-refractivity contribution >= 4 is 0 Å². The lowest BCUT2D eigenvalue weighted by Gasteiger charge is -2.55. The van der Waals surface area contributed by atoms with Crippen LogP contribution in [-0.4, -0.2) is 59.9 Å². The van der Waals surface area contributed by atoms with Crippen LogP contribution in [-0.2, 0) is 23.7 Å². The fraction of sp³-hybridized carbons (Fsp3) is 0.917. The fourth-order valence-corrected chi connectivity index (χ4v) is 8.85. The molecule has 6 fully saturated rings. The number of fused-ring (bicyclic) bond motifs is 3. The molecule has 4 aliphatic carbocycles. The van der Waals surface area contributed by atoms with Crippen molar-refractivity contribution in [2.24, 2.45) is 17.3 Å². The van der Waals surface area contributed by atoms with Gasteiger partial charge in [-0.1, -0.05) is 13.0 Å². The van der Waals surface area contributed by atoms with Crippen LogP contribution in [0.15, 0.2) is 11.6 Å². The molecule has 6 heteroatoms. The summed E-state index contributed by atoms with van der Waals surface area (Å²) in [4.78, 5) is 0. The maximum absolute atomic E-state index is 12.0. The molecule has 7 aliphatic rings. The number of hydrogen-bond acceptors (Lipinski definition) is 6. The zero-order valence-electron chi connectivity index (χ0n) is 18.2. The molecule has 166 valence electrons. The van der Waals surface area contributed by atoms with Crippen molar-refractivity contribution in [2.75, 3.05) is 26.4 Å². The van der Waals surface area contributed by atoms with Crippen LogP contribution in [0.3, 0.4) is 0 Å². The van der Waals surface area contributed by atoms with Crippen molar-refractivity contribution in [2.45, 2.75) is 93.6 Å². The number of ether oxygens (including phenoxy) is 5. The van der Waals surface area contributed by atoms with Crippen LogP contribution in [0.4, 0.5) is 0 Å². The summed E-state index contributed by atoms with van der Waals surface area (Å²) in [6.45, 7) is 6.76. The van der Waals surface area contributed by atoms with E-state index in [4.69, 9.17) is 23.7 Å². The molecule has 0 aromatic carbocycles. The SMILES string of the molecule is CC1([C@@]2(O)CCC3C4CC[C@@]56CC7(CC[C@@]5(O6)C4=CC[C@@]32C)OCCO7)OCCO1. The van der Waals surface area contributed by atoms with E-state index in [0.717, 1.165) is 51.4 Å². The van der Waals surface area contributed by atoms with Gasteiger partial charge in [0.15, 0.2) is 11.6 Å². The van der Waals surface area contributed by atoms with Crippen molar-refractivity contribution in [1.82, 2.24) is 0 Å². The number of rotatable bonds is 1. The predicted octanol–water partition coefficient (Wildman–Crippen LogP) is 3.07. The minimum atomic E-state index is -0.956. The number of epoxide rings is 1. The lowest BCUT2D eigenvalue weighted by molar-refractivity contribution is -0.293. The maximum atomic E-state index is 12.0. The lowest BCUT2D eigenvalue weighted by atomic mass is 9.52. The fourth-order valence-electron chi connectivity index (χ4n) is 8.85. The summed E-state index contributed by atoms with van der Waals surface area (Å²) in [5.74, 6) is -0.379. The third kappa shape index (κ3) is 1.95. The Bertz CT molecular complexity index is 813. The summed E-state index contributed by atoms with van der Waals surface area (Å²) in [6, 6.07) is 0. The third-order valence-corrected chi connectivity index (χ3v) is 10.4. The molecule has 6 atom stereocenters. The Morgan fingerprint density at radius 3 is 2.40 bits per heavy atom. The first-order chi connectivity index (χ1) is 14.3. The van der Waals surface area contributed by atoms with Crippen LogP contribution in [0.5, 0.6) is 0 Å². The molecule has 0 aromatic rings. The smallest absolute Gasteiger partial charge is 0.195 e. The summed E-state index contributed by atoms with van der Waals surface area (Å²) in [5.41, 5.74) is 0.126. The summed E-state index contributed by atoms with van der Waals surface area (Å²) in [6.07, 6.45) is 10.0. The minimum Gasteiger partial charge on any atom is -0.384 e. The molecule has 0 amide bonds. The molecule has 3 saturated carbocycles. The number of aliphatic hydroxyl groups is 1. The summed E-state index contributed by atoms with van der Waals surface area (Å²) < 4.78 is 30.8. The van der Waals surface area contributed by atoms with Crippen molar-refractivity contribution in [3.05, 3.63) is 11.6 Å². The summed E-state index contributed by atoms with van der Waals surface area (Å²) in [5, 5.41) is 12.0. The second kappa shape index (κ2) is 5.52. The lowest BCUT2D eigenvalue weighted by Crippen LogP contribution is -2.62. The van der Waals surface area contributed by atoms with E-state index in [9.17, 15) is 5.11 Å². The van der Waals surface area contributed by atoms with E-state index < -0.39 is 17.2 Å². The highest BCUT2D eigenvalue weighted by Crippen LogP contribution is 2.74. The zero-order valence-corrected chi connectivity index (χ0v) is 18.2. The van der Waals surface area contributed by atoms with E-state index in [2.05, 4.69) is 13.0 Å². The highest BCUT2D eigenvalue weighted by Gasteiger charge is 2.80. The molecule has 3 saturated heterocycles. The Morgan fingerprint density at radius 1 is 0.900 bits per heavy atom. The predicted molar refractivity (Wildman–Crippen MR) is 107 cm³/mol. The molecule has 30 heavy (non-hydrogen) atoms. The van der Waals surface area contributed by atoms with Crippen LogP contribution in [0.25, 0.3) is 0 Å². The quantitative estimate of drug-likeness (QED) is 0.521. The Hall–Kier alpha value is -0.500. The molecule has 1 N–H and O–H groups in total. The average Bonchev–Trinajstić information content (AvgIpc) is 3.04. The Morgan fingerprint density at radius 2 is 1.63 bits per heavy atom. The average molecular weight is 419 g/mol. The Balaban J connectivity index is 1.23. The van der Waals surface area contributed by atoms with Gasteiger partial charge in [0.1, 0.15) is 16.8 Å². The van der Waals surface area contributed by atoms with Gasteiger partial charge in [0.25, 0.3) is 0 Å². The second-order valence-corrected chi connectivity index (χ2v) is 11.3. The molecule has 1 spiro atoms. The van der Waals surface area contributed by atoms with E-state index >= 15 is 0 Å². The van der Waals surface area contributed by atoms with Gasteiger partial charge in [-0.2, -0.15) is 0 Å². The van der Waals surface area contributed by atoms with Gasteiger partial charge in [0.05, 0.1) is 26.4 Å². The van der Waals surface area contributed by atoms with Gasteiger partial charge in [-0.15, -0.1) is 0 Å². The second-order valence-electron chi connectivity index (χ2n) is 11.3. The molecule has 2 unspecified atom stereocenters. The molecule has 0 bridgehead atoms. The molecule has 7 rings (SSSR count). The van der Waals surface area contributed by atoms with E-state index in [1.807, 2.05) is 6.92 Å². The van der Waals surface area contributed by atoms with Gasteiger partial charge in [-0.05, 0) is 62.9 Å². The van der Waals surface area contributed by atoms with E-state index in [0.29, 0.717) is 38.3 Å². The number of allylic oxidation sites excluding steroid dienone is 1. The van der Waals surface area contributed by atoms with Gasteiger partial charge in [-0.3, -0.25) is 0 Å².